The summed E-state index contributed by atoms with van der Waals surface area (Å²) in [5, 5.41) is 8.03. The molecule has 12 heteroatoms. The van der Waals surface area contributed by atoms with Gasteiger partial charge < -0.3 is 25.0 Å². The molecule has 0 saturated carbocycles. The zero-order valence-corrected chi connectivity index (χ0v) is 36.4. The highest BCUT2D eigenvalue weighted by Crippen LogP contribution is 2.44. The van der Waals surface area contributed by atoms with Crippen LogP contribution in [0.3, 0.4) is 0 Å². The minimum Gasteiger partial charge on any atom is -0.455 e. The summed E-state index contributed by atoms with van der Waals surface area (Å²) in [7, 11) is 1.62. The standard InChI is InChI=1S/C49H55FN4O6S/c1-7-31(4)25-36(26-33-15-9-8-10-16-33)51-46(56)42-29-61-47(52-42)44(60-32(5)55)27-43(30(2)3)54(6)48(57)45(34-21-23-35(50)24-22-34)53-49(58)59-28-41-39-19-13-11-17-37(39)38-18-12-14-20-40(38)41/h8-24,29-31,36,41,43-45H,7,25-28H2,1-6H3,(H,51,56)(H,53,58)/t31-,36+,43+,44+,45-/m0/s1. The fourth-order valence-corrected chi connectivity index (χ4v) is 8.95. The SMILES string of the molecule is CC[C@H](C)C[C@H](Cc1ccccc1)NC(=O)c1csc([C@@H](C[C@H](C(C)C)N(C)C(=O)[C@@H](NC(=O)OCC2c3ccccc3-c3ccccc32)c2ccc(F)cc2)OC(C)=O)n1. The van der Waals surface area contributed by atoms with Gasteiger partial charge >= 0.3 is 12.1 Å². The molecule has 320 valence electrons. The Balaban J connectivity index is 1.18. The summed E-state index contributed by atoms with van der Waals surface area (Å²) >= 11 is 1.21. The number of thiazole rings is 1. The first-order chi connectivity index (χ1) is 29.3. The second-order valence-electron chi connectivity index (χ2n) is 16.2. The average molecular weight is 847 g/mol. The Bertz CT molecular complexity index is 2240. The van der Waals surface area contributed by atoms with Crippen molar-refractivity contribution in [2.45, 2.75) is 90.4 Å². The van der Waals surface area contributed by atoms with Crippen molar-refractivity contribution in [3.05, 3.63) is 147 Å². The number of fused-ring (bicyclic) bond motifs is 3. The van der Waals surface area contributed by atoms with Crippen LogP contribution in [0.5, 0.6) is 0 Å². The van der Waals surface area contributed by atoms with E-state index in [1.807, 2.05) is 92.7 Å². The predicted octanol–water partition coefficient (Wildman–Crippen LogP) is 9.82. The second kappa shape index (κ2) is 20.6. The van der Waals surface area contributed by atoms with E-state index < -0.39 is 42.0 Å². The van der Waals surface area contributed by atoms with Crippen LogP contribution in [-0.4, -0.2) is 59.5 Å². The molecule has 1 aliphatic carbocycles. The highest BCUT2D eigenvalue weighted by molar-refractivity contribution is 7.09. The maximum Gasteiger partial charge on any atom is 0.408 e. The van der Waals surface area contributed by atoms with Crippen LogP contribution in [0, 0.1) is 17.7 Å². The zero-order chi connectivity index (χ0) is 43.6. The van der Waals surface area contributed by atoms with Crippen molar-refractivity contribution in [1.82, 2.24) is 20.5 Å². The molecule has 3 amide bonds. The normalized spacial score (nSPS) is 14.5. The number of halogens is 1. The smallest absolute Gasteiger partial charge is 0.408 e. The van der Waals surface area contributed by atoms with Gasteiger partial charge in [0.1, 0.15) is 29.2 Å². The van der Waals surface area contributed by atoms with E-state index in [-0.39, 0.29) is 42.5 Å². The van der Waals surface area contributed by atoms with Crippen molar-refractivity contribution in [2.24, 2.45) is 11.8 Å². The van der Waals surface area contributed by atoms with E-state index >= 15 is 0 Å². The number of hydrogen-bond acceptors (Lipinski definition) is 8. The molecule has 5 aromatic rings. The summed E-state index contributed by atoms with van der Waals surface area (Å²) in [6.07, 6.45) is 0.924. The fraction of sp³-hybridized carbons (Fsp3) is 0.367. The maximum atomic E-state index is 14.6. The minimum atomic E-state index is -1.23. The van der Waals surface area contributed by atoms with E-state index in [4.69, 9.17) is 9.47 Å². The molecule has 5 atom stereocenters. The summed E-state index contributed by atoms with van der Waals surface area (Å²) in [4.78, 5) is 60.5. The summed E-state index contributed by atoms with van der Waals surface area (Å²) < 4.78 is 25.8. The van der Waals surface area contributed by atoms with Crippen LogP contribution in [0.1, 0.15) is 110 Å². The van der Waals surface area contributed by atoms with Crippen LogP contribution in [-0.2, 0) is 25.5 Å². The first-order valence-electron chi connectivity index (χ1n) is 20.9. The predicted molar refractivity (Wildman–Crippen MR) is 235 cm³/mol. The van der Waals surface area contributed by atoms with Gasteiger partial charge in [0.15, 0.2) is 6.10 Å². The van der Waals surface area contributed by atoms with Gasteiger partial charge in [0.25, 0.3) is 5.91 Å². The molecule has 0 unspecified atom stereocenters. The third kappa shape index (κ3) is 11.3. The van der Waals surface area contributed by atoms with Crippen molar-refractivity contribution in [2.75, 3.05) is 13.7 Å². The van der Waals surface area contributed by atoms with Crippen LogP contribution in [0.4, 0.5) is 9.18 Å². The highest BCUT2D eigenvalue weighted by atomic mass is 32.1. The molecule has 4 aromatic carbocycles. The minimum absolute atomic E-state index is 0.0398. The summed E-state index contributed by atoms with van der Waals surface area (Å²) in [5.41, 5.74) is 5.97. The summed E-state index contributed by atoms with van der Waals surface area (Å²) in [6.45, 7) is 9.53. The zero-order valence-electron chi connectivity index (χ0n) is 35.6. The number of likely N-dealkylation sites (N-methyl/N-ethyl adjacent to an activating group) is 1. The highest BCUT2D eigenvalue weighted by Gasteiger charge is 2.36. The van der Waals surface area contributed by atoms with E-state index in [2.05, 4.69) is 29.5 Å². The van der Waals surface area contributed by atoms with Crippen molar-refractivity contribution in [3.63, 3.8) is 0 Å². The molecule has 0 bridgehead atoms. The molecular weight excluding hydrogens is 792 g/mol. The number of nitrogens with zero attached hydrogens (tertiary/aromatic N) is 2. The molecule has 0 spiro atoms. The van der Waals surface area contributed by atoms with E-state index in [9.17, 15) is 23.6 Å². The third-order valence-electron chi connectivity index (χ3n) is 11.5. The molecule has 1 heterocycles. The molecule has 0 fully saturated rings. The maximum absolute atomic E-state index is 14.6. The molecule has 0 saturated heterocycles. The molecule has 2 N–H and O–H groups in total. The number of nitrogens with one attached hydrogen (secondary N) is 2. The number of aromatic nitrogens is 1. The number of alkyl carbamates (subject to hydrolysis) is 1. The van der Waals surface area contributed by atoms with Crippen molar-refractivity contribution in [1.29, 1.82) is 0 Å². The van der Waals surface area contributed by atoms with Crippen LogP contribution in [0.15, 0.2) is 109 Å². The van der Waals surface area contributed by atoms with Gasteiger partial charge in [-0.1, -0.05) is 125 Å². The topological polar surface area (TPSA) is 127 Å². The van der Waals surface area contributed by atoms with Crippen LogP contribution >= 0.6 is 11.3 Å². The van der Waals surface area contributed by atoms with Gasteiger partial charge in [-0.2, -0.15) is 0 Å². The number of hydrogen-bond donors (Lipinski definition) is 2. The molecule has 10 nitrogen and oxygen atoms in total. The number of amides is 3. The molecule has 1 aromatic heterocycles. The van der Waals surface area contributed by atoms with E-state index in [1.54, 1.807) is 12.4 Å². The van der Waals surface area contributed by atoms with Crippen molar-refractivity contribution in [3.8, 4) is 11.1 Å². The molecule has 0 aliphatic heterocycles. The first-order valence-corrected chi connectivity index (χ1v) is 21.8. The summed E-state index contributed by atoms with van der Waals surface area (Å²) in [6, 6.07) is 29.5. The largest absolute Gasteiger partial charge is 0.455 e. The average Bonchev–Trinajstić information content (AvgIpc) is 3.87. The van der Waals surface area contributed by atoms with Gasteiger partial charge in [0.2, 0.25) is 5.91 Å². The quantitative estimate of drug-likeness (QED) is 0.0841. The first kappa shape index (κ1) is 44.7. The van der Waals surface area contributed by atoms with Gasteiger partial charge in [0, 0.05) is 43.8 Å². The monoisotopic (exact) mass is 846 g/mol. The lowest BCUT2D eigenvalue weighted by molar-refractivity contribution is -0.148. The molecule has 61 heavy (non-hydrogen) atoms. The Hall–Kier alpha value is -5.88. The molecule has 0 radical (unpaired) electrons. The van der Waals surface area contributed by atoms with Crippen LogP contribution in [0.2, 0.25) is 0 Å². The fourth-order valence-electron chi connectivity index (χ4n) is 8.11. The summed E-state index contributed by atoms with van der Waals surface area (Å²) in [5.74, 6) is -1.78. The number of ether oxygens (including phenoxy) is 2. The van der Waals surface area contributed by atoms with Crippen LogP contribution < -0.4 is 10.6 Å². The molecule has 6 rings (SSSR count). The van der Waals surface area contributed by atoms with E-state index in [0.29, 0.717) is 22.9 Å². The Morgan fingerprint density at radius 2 is 1.46 bits per heavy atom. The second-order valence-corrected chi connectivity index (χ2v) is 17.1. The van der Waals surface area contributed by atoms with Crippen LogP contribution in [0.25, 0.3) is 11.1 Å². The number of carbonyl (C=O) groups excluding carboxylic acids is 4. The lowest BCUT2D eigenvalue weighted by atomic mass is 9.94. The van der Waals surface area contributed by atoms with Gasteiger partial charge in [-0.3, -0.25) is 14.4 Å². The van der Waals surface area contributed by atoms with Crippen molar-refractivity contribution < 1.29 is 33.0 Å². The number of benzene rings is 4. The lowest BCUT2D eigenvalue weighted by Crippen LogP contribution is -2.48. The van der Waals surface area contributed by atoms with E-state index in [0.717, 1.165) is 40.7 Å². The lowest BCUT2D eigenvalue weighted by Gasteiger charge is -2.35. The van der Waals surface area contributed by atoms with Gasteiger partial charge in [-0.05, 0) is 70.2 Å². The Labute approximate surface area is 361 Å². The van der Waals surface area contributed by atoms with E-state index in [1.165, 1.54) is 47.4 Å². The molecule has 1 aliphatic rings. The third-order valence-corrected chi connectivity index (χ3v) is 12.4. The Morgan fingerprint density at radius 1 is 0.836 bits per heavy atom. The Kier molecular flexibility index (Phi) is 15.1. The van der Waals surface area contributed by atoms with Gasteiger partial charge in [-0.15, -0.1) is 11.3 Å². The number of esters is 1. The molecular formula is C49H55FN4O6S. The van der Waals surface area contributed by atoms with Crippen molar-refractivity contribution >= 4 is 35.2 Å². The number of carbonyl (C=O) groups is 4. The number of rotatable bonds is 18. The van der Waals surface area contributed by atoms with Gasteiger partial charge in [-0.25, -0.2) is 14.2 Å². The van der Waals surface area contributed by atoms with Gasteiger partial charge in [0.05, 0.1) is 0 Å². The Morgan fingerprint density at radius 3 is 2.07 bits per heavy atom.